The summed E-state index contributed by atoms with van der Waals surface area (Å²) >= 11 is 3.47. The minimum absolute atomic E-state index is 0.295. The van der Waals surface area contributed by atoms with Crippen molar-refractivity contribution >= 4 is 21.7 Å². The van der Waals surface area contributed by atoms with Crippen LogP contribution in [0.5, 0.6) is 0 Å². The molecule has 2 aromatic rings. The van der Waals surface area contributed by atoms with E-state index in [1.54, 1.807) is 0 Å². The molecule has 0 saturated heterocycles. The van der Waals surface area contributed by atoms with E-state index in [1.165, 1.54) is 11.3 Å². The second-order valence-electron chi connectivity index (χ2n) is 5.64. The summed E-state index contributed by atoms with van der Waals surface area (Å²) in [5.74, 6) is 0.295. The number of Topliss-reactive ketones (excluding diaryl/α,β-unsaturated/α-hetero) is 1. The Morgan fingerprint density at radius 1 is 1.15 bits per heavy atom. The standard InChI is InChI=1S/C17H18BrNO/c1-11(2)19-15-4-3-5-17(20)14(15)10-16(19)12-6-8-13(18)9-7-12/h6-11H,3-5H2,1-2H3. The number of carbonyl (C=O) groups is 1. The maximum atomic E-state index is 12.1. The first-order chi connectivity index (χ1) is 9.58. The van der Waals surface area contributed by atoms with Gasteiger partial charge in [-0.25, -0.2) is 0 Å². The first-order valence-corrected chi connectivity index (χ1v) is 7.90. The zero-order valence-corrected chi connectivity index (χ0v) is 13.4. The SMILES string of the molecule is CC(C)n1c(-c2ccc(Br)cc2)cc2c1CCCC2=O. The lowest BCUT2D eigenvalue weighted by Gasteiger charge is -2.20. The number of nitrogens with zero attached hydrogens (tertiary/aromatic N) is 1. The molecule has 0 fully saturated rings. The first kappa shape index (κ1) is 13.6. The Bertz CT molecular complexity index is 652. The van der Waals surface area contributed by atoms with E-state index in [4.69, 9.17) is 0 Å². The molecule has 2 nitrogen and oxygen atoms in total. The molecule has 0 radical (unpaired) electrons. The van der Waals surface area contributed by atoms with Gasteiger partial charge in [-0.3, -0.25) is 4.79 Å². The van der Waals surface area contributed by atoms with Crippen molar-refractivity contribution in [1.29, 1.82) is 0 Å². The van der Waals surface area contributed by atoms with Crippen LogP contribution in [0.15, 0.2) is 34.8 Å². The average Bonchev–Trinajstić information content (AvgIpc) is 2.80. The molecule has 3 rings (SSSR count). The number of fused-ring (bicyclic) bond motifs is 1. The van der Waals surface area contributed by atoms with E-state index in [9.17, 15) is 4.79 Å². The van der Waals surface area contributed by atoms with Gasteiger partial charge in [0.05, 0.1) is 0 Å². The van der Waals surface area contributed by atoms with E-state index in [1.807, 2.05) is 12.1 Å². The van der Waals surface area contributed by atoms with Gasteiger partial charge in [0.25, 0.3) is 0 Å². The van der Waals surface area contributed by atoms with Gasteiger partial charge in [0.15, 0.2) is 5.78 Å². The average molecular weight is 332 g/mol. The fraction of sp³-hybridized carbons (Fsp3) is 0.353. The zero-order valence-electron chi connectivity index (χ0n) is 11.8. The summed E-state index contributed by atoms with van der Waals surface area (Å²) in [6.45, 7) is 4.36. The van der Waals surface area contributed by atoms with Crippen molar-refractivity contribution in [3.05, 3.63) is 46.1 Å². The molecule has 1 aliphatic carbocycles. The van der Waals surface area contributed by atoms with Crippen LogP contribution < -0.4 is 0 Å². The number of carbonyl (C=O) groups excluding carboxylic acids is 1. The fourth-order valence-corrected chi connectivity index (χ4v) is 3.31. The van der Waals surface area contributed by atoms with Gasteiger partial charge in [0, 0.05) is 33.9 Å². The largest absolute Gasteiger partial charge is 0.341 e. The number of hydrogen-bond donors (Lipinski definition) is 0. The van der Waals surface area contributed by atoms with Crippen LogP contribution in [-0.4, -0.2) is 10.4 Å². The summed E-state index contributed by atoms with van der Waals surface area (Å²) in [5, 5.41) is 0. The number of hydrogen-bond acceptors (Lipinski definition) is 1. The smallest absolute Gasteiger partial charge is 0.164 e. The van der Waals surface area contributed by atoms with Gasteiger partial charge < -0.3 is 4.57 Å². The van der Waals surface area contributed by atoms with E-state index in [-0.39, 0.29) is 0 Å². The molecule has 0 N–H and O–H groups in total. The second-order valence-corrected chi connectivity index (χ2v) is 6.55. The highest BCUT2D eigenvalue weighted by molar-refractivity contribution is 9.10. The number of benzene rings is 1. The molecule has 0 amide bonds. The summed E-state index contributed by atoms with van der Waals surface area (Å²) in [5.41, 5.74) is 4.48. The Balaban J connectivity index is 2.20. The van der Waals surface area contributed by atoms with Gasteiger partial charge in [0.1, 0.15) is 0 Å². The molecule has 20 heavy (non-hydrogen) atoms. The van der Waals surface area contributed by atoms with Crippen LogP contribution in [0.2, 0.25) is 0 Å². The molecule has 104 valence electrons. The van der Waals surface area contributed by atoms with Crippen LogP contribution in [0.25, 0.3) is 11.3 Å². The fourth-order valence-electron chi connectivity index (χ4n) is 3.05. The van der Waals surface area contributed by atoms with E-state index < -0.39 is 0 Å². The summed E-state index contributed by atoms with van der Waals surface area (Å²) in [6.07, 6.45) is 2.67. The molecule has 0 aliphatic heterocycles. The van der Waals surface area contributed by atoms with Crippen LogP contribution in [0, 0.1) is 0 Å². The van der Waals surface area contributed by atoms with Gasteiger partial charge in [0.2, 0.25) is 0 Å². The zero-order chi connectivity index (χ0) is 14.3. The molecule has 0 saturated carbocycles. The lowest BCUT2D eigenvalue weighted by atomic mass is 9.96. The van der Waals surface area contributed by atoms with Gasteiger partial charge in [-0.1, -0.05) is 28.1 Å². The molecule has 1 heterocycles. The predicted molar refractivity (Wildman–Crippen MR) is 85.2 cm³/mol. The third-order valence-electron chi connectivity index (χ3n) is 3.92. The predicted octanol–water partition coefficient (Wildman–Crippen LogP) is 5.02. The third kappa shape index (κ3) is 2.24. The minimum atomic E-state index is 0.295. The summed E-state index contributed by atoms with van der Waals surface area (Å²) < 4.78 is 3.40. The number of rotatable bonds is 2. The van der Waals surface area contributed by atoms with Gasteiger partial charge in [-0.05, 0) is 50.5 Å². The third-order valence-corrected chi connectivity index (χ3v) is 4.45. The molecular formula is C17H18BrNO. The molecular weight excluding hydrogens is 314 g/mol. The lowest BCUT2D eigenvalue weighted by Crippen LogP contribution is -2.14. The molecule has 0 bridgehead atoms. The Hall–Kier alpha value is -1.35. The minimum Gasteiger partial charge on any atom is -0.341 e. The molecule has 1 aromatic heterocycles. The highest BCUT2D eigenvalue weighted by atomic mass is 79.9. The van der Waals surface area contributed by atoms with E-state index >= 15 is 0 Å². The molecule has 1 aromatic carbocycles. The van der Waals surface area contributed by atoms with Gasteiger partial charge in [-0.15, -0.1) is 0 Å². The van der Waals surface area contributed by atoms with Crippen molar-refractivity contribution in [3.8, 4) is 11.3 Å². The normalized spacial score (nSPS) is 14.7. The highest BCUT2D eigenvalue weighted by Crippen LogP contribution is 2.34. The second kappa shape index (κ2) is 5.21. The Kier molecular flexibility index (Phi) is 3.55. The van der Waals surface area contributed by atoms with Crippen molar-refractivity contribution in [2.75, 3.05) is 0 Å². The Labute approximate surface area is 127 Å². The summed E-state index contributed by atoms with van der Waals surface area (Å²) in [6, 6.07) is 10.8. The van der Waals surface area contributed by atoms with Crippen molar-refractivity contribution in [2.45, 2.75) is 39.2 Å². The number of aromatic nitrogens is 1. The molecule has 3 heteroatoms. The Morgan fingerprint density at radius 2 is 1.85 bits per heavy atom. The highest BCUT2D eigenvalue weighted by Gasteiger charge is 2.25. The van der Waals surface area contributed by atoms with E-state index in [2.05, 4.69) is 52.5 Å². The molecule has 0 atom stereocenters. The van der Waals surface area contributed by atoms with Crippen LogP contribution in [0.1, 0.15) is 48.8 Å². The lowest BCUT2D eigenvalue weighted by molar-refractivity contribution is 0.0971. The maximum absolute atomic E-state index is 12.1. The quantitative estimate of drug-likeness (QED) is 0.757. The first-order valence-electron chi connectivity index (χ1n) is 7.11. The molecule has 0 spiro atoms. The van der Waals surface area contributed by atoms with Gasteiger partial charge in [-0.2, -0.15) is 0 Å². The van der Waals surface area contributed by atoms with Crippen LogP contribution >= 0.6 is 15.9 Å². The number of halogens is 1. The van der Waals surface area contributed by atoms with Gasteiger partial charge >= 0.3 is 0 Å². The van der Waals surface area contributed by atoms with E-state index in [0.717, 1.165) is 28.6 Å². The van der Waals surface area contributed by atoms with Crippen LogP contribution in [0.4, 0.5) is 0 Å². The van der Waals surface area contributed by atoms with Crippen LogP contribution in [-0.2, 0) is 6.42 Å². The molecule has 0 unspecified atom stereocenters. The number of ketones is 1. The monoisotopic (exact) mass is 331 g/mol. The summed E-state index contributed by atoms with van der Waals surface area (Å²) in [4.78, 5) is 12.1. The molecule has 1 aliphatic rings. The van der Waals surface area contributed by atoms with Crippen molar-refractivity contribution in [2.24, 2.45) is 0 Å². The van der Waals surface area contributed by atoms with E-state index in [0.29, 0.717) is 18.2 Å². The van der Waals surface area contributed by atoms with Crippen molar-refractivity contribution < 1.29 is 4.79 Å². The maximum Gasteiger partial charge on any atom is 0.164 e. The topological polar surface area (TPSA) is 22.0 Å². The van der Waals surface area contributed by atoms with Crippen LogP contribution in [0.3, 0.4) is 0 Å². The van der Waals surface area contributed by atoms with Crippen molar-refractivity contribution in [3.63, 3.8) is 0 Å². The summed E-state index contributed by atoms with van der Waals surface area (Å²) in [7, 11) is 0. The van der Waals surface area contributed by atoms with Crippen molar-refractivity contribution in [1.82, 2.24) is 4.57 Å². The Morgan fingerprint density at radius 3 is 2.50 bits per heavy atom.